The van der Waals surface area contributed by atoms with Gasteiger partial charge in [-0.15, -0.1) is 5.10 Å². The van der Waals surface area contributed by atoms with Gasteiger partial charge in [-0.3, -0.25) is 9.78 Å². The zero-order valence-electron chi connectivity index (χ0n) is 14.0. The number of ether oxygens (including phenoxy) is 1. The molecule has 8 nitrogen and oxygen atoms in total. The molecule has 1 amide bonds. The third kappa shape index (κ3) is 3.12. The fourth-order valence-electron chi connectivity index (χ4n) is 2.62. The fourth-order valence-corrected chi connectivity index (χ4v) is 2.62. The van der Waals surface area contributed by atoms with Crippen LogP contribution in [0.4, 0.5) is 0 Å². The molecular formula is C18H16N6O2. The molecule has 26 heavy (non-hydrogen) atoms. The van der Waals surface area contributed by atoms with Gasteiger partial charge in [-0.2, -0.15) is 0 Å². The van der Waals surface area contributed by atoms with Crippen LogP contribution < -0.4 is 10.1 Å². The molecule has 8 heteroatoms. The molecule has 4 rings (SSSR count). The number of nitrogens with one attached hydrogen (secondary N) is 2. The Kier molecular flexibility index (Phi) is 4.06. The van der Waals surface area contributed by atoms with Crippen LogP contribution >= 0.6 is 0 Å². The lowest BCUT2D eigenvalue weighted by atomic mass is 10.2. The Labute approximate surface area is 148 Å². The van der Waals surface area contributed by atoms with Crippen LogP contribution in [0.3, 0.4) is 0 Å². The van der Waals surface area contributed by atoms with Gasteiger partial charge in [0, 0.05) is 29.4 Å². The molecule has 0 bridgehead atoms. The second-order valence-electron chi connectivity index (χ2n) is 5.68. The van der Waals surface area contributed by atoms with Crippen molar-refractivity contribution >= 4 is 16.8 Å². The van der Waals surface area contributed by atoms with Crippen LogP contribution in [0, 0.1) is 0 Å². The number of fused-ring (bicyclic) bond motifs is 1. The molecule has 130 valence electrons. The number of H-pyrrole nitrogens is 1. The number of benzene rings is 1. The van der Waals surface area contributed by atoms with Gasteiger partial charge in [-0.25, -0.2) is 4.68 Å². The molecule has 0 saturated carbocycles. The van der Waals surface area contributed by atoms with Gasteiger partial charge >= 0.3 is 0 Å². The molecule has 0 radical (unpaired) electrons. The van der Waals surface area contributed by atoms with Gasteiger partial charge in [0.1, 0.15) is 17.1 Å². The normalized spacial score (nSPS) is 10.8. The van der Waals surface area contributed by atoms with E-state index in [1.807, 2.05) is 30.3 Å². The zero-order chi connectivity index (χ0) is 17.9. The second-order valence-corrected chi connectivity index (χ2v) is 5.68. The molecule has 0 atom stereocenters. The minimum absolute atomic E-state index is 0.210. The minimum atomic E-state index is -0.210. The molecule has 0 aliphatic carbocycles. The summed E-state index contributed by atoms with van der Waals surface area (Å²) in [5, 5.41) is 11.9. The number of methoxy groups -OCH3 is 1. The predicted octanol–water partition coefficient (Wildman–Crippen LogP) is 2.08. The third-order valence-electron chi connectivity index (χ3n) is 3.97. The van der Waals surface area contributed by atoms with Crippen LogP contribution in [0.1, 0.15) is 16.2 Å². The van der Waals surface area contributed by atoms with E-state index in [9.17, 15) is 4.79 Å². The van der Waals surface area contributed by atoms with E-state index in [0.717, 1.165) is 22.3 Å². The molecule has 0 saturated heterocycles. The highest BCUT2D eigenvalue weighted by molar-refractivity contribution is 5.98. The Balaban J connectivity index is 1.45. The van der Waals surface area contributed by atoms with Crippen LogP contribution in [0.2, 0.25) is 0 Å². The number of amides is 1. The lowest BCUT2D eigenvalue weighted by Crippen LogP contribution is -2.23. The van der Waals surface area contributed by atoms with Gasteiger partial charge < -0.3 is 15.0 Å². The van der Waals surface area contributed by atoms with E-state index < -0.39 is 0 Å². The molecule has 4 aromatic rings. The van der Waals surface area contributed by atoms with Crippen LogP contribution in [0.15, 0.2) is 55.0 Å². The summed E-state index contributed by atoms with van der Waals surface area (Å²) in [4.78, 5) is 19.4. The van der Waals surface area contributed by atoms with E-state index in [2.05, 4.69) is 25.6 Å². The highest BCUT2D eigenvalue weighted by Gasteiger charge is 2.11. The average Bonchev–Trinajstić information content (AvgIpc) is 3.33. The van der Waals surface area contributed by atoms with Crippen molar-refractivity contribution in [3.63, 3.8) is 0 Å². The van der Waals surface area contributed by atoms with E-state index in [-0.39, 0.29) is 12.5 Å². The van der Waals surface area contributed by atoms with E-state index >= 15 is 0 Å². The van der Waals surface area contributed by atoms with Crippen molar-refractivity contribution in [1.82, 2.24) is 30.3 Å². The maximum atomic E-state index is 12.4. The van der Waals surface area contributed by atoms with Gasteiger partial charge in [0.25, 0.3) is 5.91 Å². The van der Waals surface area contributed by atoms with Crippen LogP contribution in [-0.2, 0) is 6.54 Å². The standard InChI is InChI=1S/C18H16N6O2/c1-26-15-3-2-12-8-17(21-16(12)9-15)18(25)20-10-13-11-24(23-22-13)14-4-6-19-7-5-14/h2-9,11,21H,10H2,1H3,(H,20,25). The first-order valence-electron chi connectivity index (χ1n) is 7.99. The van der Waals surface area contributed by atoms with Crippen LogP contribution in [-0.4, -0.2) is 38.0 Å². The number of carbonyl (C=O) groups is 1. The summed E-state index contributed by atoms with van der Waals surface area (Å²) in [6.07, 6.45) is 5.14. The topological polar surface area (TPSA) is 97.7 Å². The smallest absolute Gasteiger partial charge is 0.268 e. The summed E-state index contributed by atoms with van der Waals surface area (Å²) < 4.78 is 6.83. The van der Waals surface area contributed by atoms with E-state index in [4.69, 9.17) is 4.74 Å². The highest BCUT2D eigenvalue weighted by atomic mass is 16.5. The number of aromatic nitrogens is 5. The van der Waals surface area contributed by atoms with Crippen molar-refractivity contribution in [2.24, 2.45) is 0 Å². The number of pyridine rings is 1. The van der Waals surface area contributed by atoms with E-state index in [1.54, 1.807) is 36.4 Å². The Morgan fingerprint density at radius 3 is 2.88 bits per heavy atom. The summed E-state index contributed by atoms with van der Waals surface area (Å²) >= 11 is 0. The Bertz CT molecular complexity index is 1050. The average molecular weight is 348 g/mol. The number of carbonyl (C=O) groups excluding carboxylic acids is 1. The first-order valence-corrected chi connectivity index (χ1v) is 7.99. The molecule has 0 spiro atoms. The van der Waals surface area contributed by atoms with Gasteiger partial charge in [0.15, 0.2) is 0 Å². The lowest BCUT2D eigenvalue weighted by Gasteiger charge is -2.00. The SMILES string of the molecule is COc1ccc2cc(C(=O)NCc3cn(-c4ccncc4)nn3)[nH]c2c1. The number of aromatic amines is 1. The van der Waals surface area contributed by atoms with Gasteiger partial charge in [-0.05, 0) is 30.3 Å². The Morgan fingerprint density at radius 2 is 2.08 bits per heavy atom. The van der Waals surface area contributed by atoms with E-state index in [0.29, 0.717) is 11.4 Å². The molecule has 0 unspecified atom stereocenters. The summed E-state index contributed by atoms with van der Waals surface area (Å²) in [6, 6.07) is 11.1. The van der Waals surface area contributed by atoms with Gasteiger partial charge in [-0.1, -0.05) is 5.21 Å². The monoisotopic (exact) mass is 348 g/mol. The summed E-state index contributed by atoms with van der Waals surface area (Å²) in [5.41, 5.74) is 2.84. The Hall–Kier alpha value is -3.68. The third-order valence-corrected chi connectivity index (χ3v) is 3.97. The second kappa shape index (κ2) is 6.67. The first-order chi connectivity index (χ1) is 12.7. The number of hydrogen-bond acceptors (Lipinski definition) is 5. The Morgan fingerprint density at radius 1 is 1.23 bits per heavy atom. The van der Waals surface area contributed by atoms with Crippen molar-refractivity contribution < 1.29 is 9.53 Å². The van der Waals surface area contributed by atoms with E-state index in [1.165, 1.54) is 0 Å². The molecule has 3 aromatic heterocycles. The van der Waals surface area contributed by atoms with Crippen molar-refractivity contribution in [2.45, 2.75) is 6.54 Å². The maximum absolute atomic E-state index is 12.4. The molecule has 2 N–H and O–H groups in total. The maximum Gasteiger partial charge on any atom is 0.268 e. The van der Waals surface area contributed by atoms with Crippen molar-refractivity contribution in [3.8, 4) is 11.4 Å². The summed E-state index contributed by atoms with van der Waals surface area (Å²) in [7, 11) is 1.61. The van der Waals surface area contributed by atoms with Crippen LogP contribution in [0.25, 0.3) is 16.6 Å². The molecule has 3 heterocycles. The molecular weight excluding hydrogens is 332 g/mol. The first kappa shape index (κ1) is 15.8. The number of hydrogen-bond donors (Lipinski definition) is 2. The van der Waals surface area contributed by atoms with Crippen molar-refractivity contribution in [3.05, 3.63) is 66.4 Å². The molecule has 0 fully saturated rings. The molecule has 0 aliphatic rings. The minimum Gasteiger partial charge on any atom is -0.497 e. The molecule has 0 aliphatic heterocycles. The predicted molar refractivity (Wildman–Crippen MR) is 95.2 cm³/mol. The lowest BCUT2D eigenvalue weighted by molar-refractivity contribution is 0.0946. The summed E-state index contributed by atoms with van der Waals surface area (Å²) in [6.45, 7) is 0.280. The fraction of sp³-hybridized carbons (Fsp3) is 0.111. The quantitative estimate of drug-likeness (QED) is 0.575. The molecule has 1 aromatic carbocycles. The number of rotatable bonds is 5. The summed E-state index contributed by atoms with van der Waals surface area (Å²) in [5.74, 6) is 0.526. The van der Waals surface area contributed by atoms with Crippen LogP contribution in [0.5, 0.6) is 5.75 Å². The van der Waals surface area contributed by atoms with Gasteiger partial charge in [0.2, 0.25) is 0 Å². The number of nitrogens with zero attached hydrogens (tertiary/aromatic N) is 4. The highest BCUT2D eigenvalue weighted by Crippen LogP contribution is 2.21. The van der Waals surface area contributed by atoms with Gasteiger partial charge in [0.05, 0.1) is 25.5 Å². The largest absolute Gasteiger partial charge is 0.497 e. The van der Waals surface area contributed by atoms with Crippen molar-refractivity contribution in [1.29, 1.82) is 0 Å². The van der Waals surface area contributed by atoms with Crippen molar-refractivity contribution in [2.75, 3.05) is 7.11 Å². The zero-order valence-corrected chi connectivity index (χ0v) is 14.0.